The number of nitrogens with two attached hydrogens (primary N) is 1. The molecule has 20 heavy (non-hydrogen) atoms. The zero-order valence-electron chi connectivity index (χ0n) is 11.1. The zero-order chi connectivity index (χ0) is 14.1. The molecule has 0 saturated heterocycles. The first-order valence-corrected chi connectivity index (χ1v) is 6.30. The Balaban J connectivity index is 1.86. The number of aromatic nitrogens is 1. The largest absolute Gasteiger partial charge is 0.467 e. The van der Waals surface area contributed by atoms with E-state index in [-0.39, 0.29) is 5.91 Å². The minimum atomic E-state index is -0.1000. The fourth-order valence-electron chi connectivity index (χ4n) is 2.21. The van der Waals surface area contributed by atoms with Gasteiger partial charge in [-0.3, -0.25) is 4.79 Å². The van der Waals surface area contributed by atoms with Crippen LogP contribution < -0.4 is 5.73 Å². The molecule has 1 amide bonds. The van der Waals surface area contributed by atoms with Crippen molar-refractivity contribution < 1.29 is 9.21 Å². The van der Waals surface area contributed by atoms with Crippen molar-refractivity contribution in [2.75, 3.05) is 12.8 Å². The SMILES string of the molecule is CN(Cc1ccco1)C(=O)c1cc2cccc(N)c2[nH]1. The first-order valence-electron chi connectivity index (χ1n) is 6.30. The van der Waals surface area contributed by atoms with Gasteiger partial charge < -0.3 is 20.0 Å². The molecule has 0 aliphatic rings. The highest BCUT2D eigenvalue weighted by atomic mass is 16.3. The number of para-hydroxylation sites is 1. The van der Waals surface area contributed by atoms with Gasteiger partial charge >= 0.3 is 0 Å². The molecule has 0 fully saturated rings. The van der Waals surface area contributed by atoms with Crippen LogP contribution in [0.4, 0.5) is 5.69 Å². The molecule has 3 N–H and O–H groups in total. The highest BCUT2D eigenvalue weighted by Crippen LogP contribution is 2.22. The Morgan fingerprint density at radius 1 is 1.35 bits per heavy atom. The van der Waals surface area contributed by atoms with Crippen molar-refractivity contribution in [3.63, 3.8) is 0 Å². The Bertz CT molecular complexity index is 744. The summed E-state index contributed by atoms with van der Waals surface area (Å²) in [5.74, 6) is 0.647. The van der Waals surface area contributed by atoms with E-state index in [9.17, 15) is 4.79 Å². The van der Waals surface area contributed by atoms with E-state index in [0.29, 0.717) is 17.9 Å². The molecule has 5 nitrogen and oxygen atoms in total. The molecule has 3 aromatic rings. The molecular weight excluding hydrogens is 254 g/mol. The number of amides is 1. The molecule has 0 radical (unpaired) electrons. The predicted octanol–water partition coefficient (Wildman–Crippen LogP) is 2.62. The van der Waals surface area contributed by atoms with Gasteiger partial charge in [-0.05, 0) is 24.3 Å². The number of H-pyrrole nitrogens is 1. The highest BCUT2D eigenvalue weighted by Gasteiger charge is 2.16. The maximum Gasteiger partial charge on any atom is 0.270 e. The summed E-state index contributed by atoms with van der Waals surface area (Å²) in [4.78, 5) is 17.0. The first kappa shape index (κ1) is 12.3. The van der Waals surface area contributed by atoms with E-state index in [0.717, 1.165) is 16.7 Å². The maximum absolute atomic E-state index is 12.4. The summed E-state index contributed by atoms with van der Waals surface area (Å²) >= 11 is 0. The maximum atomic E-state index is 12.4. The van der Waals surface area contributed by atoms with E-state index in [1.807, 2.05) is 24.3 Å². The Morgan fingerprint density at radius 3 is 2.90 bits per heavy atom. The molecule has 2 aromatic heterocycles. The molecule has 3 rings (SSSR count). The van der Waals surface area contributed by atoms with Gasteiger partial charge in [-0.2, -0.15) is 0 Å². The fourth-order valence-corrected chi connectivity index (χ4v) is 2.21. The molecule has 0 unspecified atom stereocenters. The molecule has 0 spiro atoms. The second kappa shape index (κ2) is 4.77. The second-order valence-electron chi connectivity index (χ2n) is 4.74. The van der Waals surface area contributed by atoms with E-state index < -0.39 is 0 Å². The third-order valence-corrected chi connectivity index (χ3v) is 3.24. The number of benzene rings is 1. The van der Waals surface area contributed by atoms with Gasteiger partial charge in [-0.15, -0.1) is 0 Å². The number of nitrogens with zero attached hydrogens (tertiary/aromatic N) is 1. The standard InChI is InChI=1S/C15H15N3O2/c1-18(9-11-5-3-7-20-11)15(19)13-8-10-4-2-6-12(16)14(10)17-13/h2-8,17H,9,16H2,1H3. The van der Waals surface area contributed by atoms with Gasteiger partial charge in [0.2, 0.25) is 0 Å². The van der Waals surface area contributed by atoms with Gasteiger partial charge in [0, 0.05) is 12.4 Å². The second-order valence-corrected chi connectivity index (χ2v) is 4.74. The van der Waals surface area contributed by atoms with Crippen LogP contribution in [-0.4, -0.2) is 22.8 Å². The predicted molar refractivity (Wildman–Crippen MR) is 77.2 cm³/mol. The van der Waals surface area contributed by atoms with Crippen molar-refractivity contribution in [1.82, 2.24) is 9.88 Å². The molecule has 0 bridgehead atoms. The van der Waals surface area contributed by atoms with Crippen LogP contribution in [-0.2, 0) is 6.54 Å². The number of carbonyl (C=O) groups excluding carboxylic acids is 1. The number of hydrogen-bond donors (Lipinski definition) is 2. The Hall–Kier alpha value is -2.69. The highest BCUT2D eigenvalue weighted by molar-refractivity contribution is 6.00. The van der Waals surface area contributed by atoms with Crippen LogP contribution in [0, 0.1) is 0 Å². The number of nitrogen functional groups attached to an aromatic ring is 1. The summed E-state index contributed by atoms with van der Waals surface area (Å²) in [6.45, 7) is 0.427. The third-order valence-electron chi connectivity index (χ3n) is 3.24. The number of fused-ring (bicyclic) bond motifs is 1. The molecule has 102 valence electrons. The molecule has 0 aliphatic carbocycles. The fraction of sp³-hybridized carbons (Fsp3) is 0.133. The minimum absolute atomic E-state index is 0.1000. The van der Waals surface area contributed by atoms with Crippen molar-refractivity contribution in [3.05, 3.63) is 54.1 Å². The molecular formula is C15H15N3O2. The lowest BCUT2D eigenvalue weighted by atomic mass is 10.2. The van der Waals surface area contributed by atoms with Crippen LogP contribution in [0.3, 0.4) is 0 Å². The van der Waals surface area contributed by atoms with Crippen molar-refractivity contribution in [2.24, 2.45) is 0 Å². The van der Waals surface area contributed by atoms with E-state index in [2.05, 4.69) is 4.98 Å². The number of carbonyl (C=O) groups is 1. The van der Waals surface area contributed by atoms with E-state index >= 15 is 0 Å². The molecule has 0 saturated carbocycles. The van der Waals surface area contributed by atoms with Crippen LogP contribution in [0.25, 0.3) is 10.9 Å². The van der Waals surface area contributed by atoms with Gasteiger partial charge in [-0.25, -0.2) is 0 Å². The topological polar surface area (TPSA) is 75.3 Å². The number of furan rings is 1. The molecule has 0 aliphatic heterocycles. The minimum Gasteiger partial charge on any atom is -0.467 e. The smallest absolute Gasteiger partial charge is 0.270 e. The number of nitrogens with one attached hydrogen (secondary N) is 1. The van der Waals surface area contributed by atoms with Gasteiger partial charge in [0.15, 0.2) is 0 Å². The zero-order valence-corrected chi connectivity index (χ0v) is 11.1. The van der Waals surface area contributed by atoms with E-state index in [1.165, 1.54) is 0 Å². The number of anilines is 1. The van der Waals surface area contributed by atoms with Crippen molar-refractivity contribution >= 4 is 22.5 Å². The average molecular weight is 269 g/mol. The molecule has 1 aromatic carbocycles. The Labute approximate surface area is 116 Å². The number of rotatable bonds is 3. The van der Waals surface area contributed by atoms with Crippen LogP contribution >= 0.6 is 0 Å². The molecule has 2 heterocycles. The monoisotopic (exact) mass is 269 g/mol. The summed E-state index contributed by atoms with van der Waals surface area (Å²) in [6, 6.07) is 11.1. The summed E-state index contributed by atoms with van der Waals surface area (Å²) in [6.07, 6.45) is 1.59. The lowest BCUT2D eigenvalue weighted by Crippen LogP contribution is -2.26. The van der Waals surface area contributed by atoms with Crippen LogP contribution in [0.1, 0.15) is 16.2 Å². The summed E-state index contributed by atoms with van der Waals surface area (Å²) in [5, 5.41) is 0.930. The van der Waals surface area contributed by atoms with E-state index in [1.54, 1.807) is 30.3 Å². The number of hydrogen-bond acceptors (Lipinski definition) is 3. The van der Waals surface area contributed by atoms with Gasteiger partial charge in [0.25, 0.3) is 5.91 Å². The van der Waals surface area contributed by atoms with Crippen LogP contribution in [0.5, 0.6) is 0 Å². The van der Waals surface area contributed by atoms with Crippen molar-refractivity contribution in [1.29, 1.82) is 0 Å². The van der Waals surface area contributed by atoms with Crippen molar-refractivity contribution in [3.8, 4) is 0 Å². The lowest BCUT2D eigenvalue weighted by molar-refractivity contribution is 0.0770. The van der Waals surface area contributed by atoms with Crippen molar-refractivity contribution in [2.45, 2.75) is 6.54 Å². The first-order chi connectivity index (χ1) is 9.65. The summed E-state index contributed by atoms with van der Waals surface area (Å²) in [5.41, 5.74) is 7.83. The van der Waals surface area contributed by atoms with Gasteiger partial charge in [0.1, 0.15) is 11.5 Å². The van der Waals surface area contributed by atoms with Crippen LogP contribution in [0.15, 0.2) is 47.1 Å². The summed E-state index contributed by atoms with van der Waals surface area (Å²) < 4.78 is 5.24. The molecule has 5 heteroatoms. The van der Waals surface area contributed by atoms with E-state index in [4.69, 9.17) is 10.2 Å². The molecule has 0 atom stereocenters. The summed E-state index contributed by atoms with van der Waals surface area (Å²) in [7, 11) is 1.74. The van der Waals surface area contributed by atoms with Gasteiger partial charge in [0.05, 0.1) is 24.0 Å². The lowest BCUT2D eigenvalue weighted by Gasteiger charge is -2.14. The van der Waals surface area contributed by atoms with Crippen LogP contribution in [0.2, 0.25) is 0 Å². The number of aromatic amines is 1. The normalized spacial score (nSPS) is 10.8. The third kappa shape index (κ3) is 2.14. The Kier molecular flexibility index (Phi) is 2.95. The van der Waals surface area contributed by atoms with Gasteiger partial charge in [-0.1, -0.05) is 12.1 Å². The Morgan fingerprint density at radius 2 is 2.20 bits per heavy atom. The average Bonchev–Trinajstić information content (AvgIpc) is 3.07. The quantitative estimate of drug-likeness (QED) is 0.718.